The number of aliphatic hydroxyl groups is 1. The van der Waals surface area contributed by atoms with Crippen LogP contribution in [0, 0.1) is 11.2 Å². The summed E-state index contributed by atoms with van der Waals surface area (Å²) in [6, 6.07) is 8.76. The number of hydrogen-bond acceptors (Lipinski definition) is 3. The maximum absolute atomic E-state index is 12.7. The molecule has 0 aliphatic carbocycles. The molecule has 0 aliphatic heterocycles. The van der Waals surface area contributed by atoms with Gasteiger partial charge in [-0.2, -0.15) is 0 Å². The predicted molar refractivity (Wildman–Crippen MR) is 62.4 cm³/mol. The number of nitrogens with zero attached hydrogens (tertiary/aromatic N) is 1. The maximum Gasteiger partial charge on any atom is 0.123 e. The second kappa shape index (κ2) is 4.84. The van der Waals surface area contributed by atoms with Crippen molar-refractivity contribution in [1.82, 2.24) is 4.98 Å². The van der Waals surface area contributed by atoms with Gasteiger partial charge in [-0.15, -0.1) is 0 Å². The molecule has 1 aromatic carbocycles. The fourth-order valence-corrected chi connectivity index (χ4v) is 1.50. The molecule has 1 aromatic heterocycles. The van der Waals surface area contributed by atoms with E-state index in [-0.39, 0.29) is 11.5 Å². The molecule has 86 valence electrons. The second-order valence-corrected chi connectivity index (χ2v) is 3.60. The van der Waals surface area contributed by atoms with Crippen LogP contribution in [0.2, 0.25) is 0 Å². The third-order valence-corrected chi connectivity index (χ3v) is 2.45. The van der Waals surface area contributed by atoms with E-state index in [0.29, 0.717) is 11.1 Å². The van der Waals surface area contributed by atoms with E-state index in [1.165, 1.54) is 24.3 Å². The van der Waals surface area contributed by atoms with Crippen molar-refractivity contribution in [2.45, 2.75) is 6.10 Å². The summed E-state index contributed by atoms with van der Waals surface area (Å²) in [4.78, 5) is 3.84. The molecule has 4 heteroatoms. The van der Waals surface area contributed by atoms with Crippen LogP contribution in [-0.2, 0) is 0 Å². The van der Waals surface area contributed by atoms with Gasteiger partial charge in [0.1, 0.15) is 11.9 Å². The van der Waals surface area contributed by atoms with E-state index in [0.717, 1.165) is 0 Å². The average molecular weight is 230 g/mol. The highest BCUT2D eigenvalue weighted by molar-refractivity contribution is 6.01. The van der Waals surface area contributed by atoms with Gasteiger partial charge in [0.05, 0.1) is 5.71 Å². The number of pyridine rings is 1. The molecule has 0 saturated carbocycles. The van der Waals surface area contributed by atoms with Crippen LogP contribution in [-0.4, -0.2) is 15.8 Å². The zero-order chi connectivity index (χ0) is 12.3. The summed E-state index contributed by atoms with van der Waals surface area (Å²) in [6.07, 6.45) is 2.06. The number of aliphatic hydroxyl groups excluding tert-OH is 1. The second-order valence-electron chi connectivity index (χ2n) is 3.60. The van der Waals surface area contributed by atoms with E-state index in [1.54, 1.807) is 24.5 Å². The highest BCUT2D eigenvalue weighted by Gasteiger charge is 2.15. The quantitative estimate of drug-likeness (QED) is 0.795. The molecule has 3 nitrogen and oxygen atoms in total. The van der Waals surface area contributed by atoms with E-state index in [1.807, 2.05) is 0 Å². The van der Waals surface area contributed by atoms with Gasteiger partial charge >= 0.3 is 0 Å². The summed E-state index contributed by atoms with van der Waals surface area (Å²) in [7, 11) is 0. The summed E-state index contributed by atoms with van der Waals surface area (Å²) < 4.78 is 12.7. The molecule has 0 aliphatic rings. The van der Waals surface area contributed by atoms with Gasteiger partial charge in [-0.05, 0) is 29.8 Å². The molecule has 0 amide bonds. The maximum atomic E-state index is 12.7. The first-order chi connectivity index (χ1) is 8.18. The summed E-state index contributed by atoms with van der Waals surface area (Å²) in [6.45, 7) is 0. The van der Waals surface area contributed by atoms with Gasteiger partial charge < -0.3 is 10.5 Å². The minimum Gasteiger partial charge on any atom is -0.382 e. The van der Waals surface area contributed by atoms with E-state index >= 15 is 0 Å². The van der Waals surface area contributed by atoms with E-state index in [4.69, 9.17) is 5.41 Å². The van der Waals surface area contributed by atoms with Crippen LogP contribution in [0.25, 0.3) is 0 Å². The lowest BCUT2D eigenvalue weighted by Crippen LogP contribution is -2.12. The fraction of sp³-hybridized carbons (Fsp3) is 0.0769. The van der Waals surface area contributed by atoms with Crippen molar-refractivity contribution in [3.05, 3.63) is 65.7 Å². The summed E-state index contributed by atoms with van der Waals surface area (Å²) >= 11 is 0. The zero-order valence-electron chi connectivity index (χ0n) is 8.97. The SMILES string of the molecule is N=C(c1ccncc1)C(O)c1ccc(F)cc1. The van der Waals surface area contributed by atoms with Gasteiger partial charge in [0.2, 0.25) is 0 Å². The molecule has 17 heavy (non-hydrogen) atoms. The molecule has 1 unspecified atom stereocenters. The Labute approximate surface area is 98.1 Å². The average Bonchev–Trinajstić information content (AvgIpc) is 2.39. The largest absolute Gasteiger partial charge is 0.382 e. The number of benzene rings is 1. The number of rotatable bonds is 3. The Kier molecular flexibility index (Phi) is 3.25. The Balaban J connectivity index is 2.23. The number of hydrogen-bond donors (Lipinski definition) is 2. The first-order valence-corrected chi connectivity index (χ1v) is 5.11. The Morgan fingerprint density at radius 1 is 1.12 bits per heavy atom. The first kappa shape index (κ1) is 11.4. The minimum atomic E-state index is -1.06. The highest BCUT2D eigenvalue weighted by atomic mass is 19.1. The van der Waals surface area contributed by atoms with Gasteiger partial charge in [0.15, 0.2) is 0 Å². The summed E-state index contributed by atoms with van der Waals surface area (Å²) in [5.74, 6) is -0.364. The van der Waals surface area contributed by atoms with Gasteiger partial charge in [-0.25, -0.2) is 4.39 Å². The number of aromatic nitrogens is 1. The number of halogens is 1. The van der Waals surface area contributed by atoms with Crippen molar-refractivity contribution in [1.29, 1.82) is 5.41 Å². The predicted octanol–water partition coefficient (Wildman–Crippen LogP) is 2.32. The molecule has 1 heterocycles. The monoisotopic (exact) mass is 230 g/mol. The molecule has 2 rings (SSSR count). The Morgan fingerprint density at radius 2 is 1.71 bits per heavy atom. The van der Waals surface area contributed by atoms with E-state index in [2.05, 4.69) is 4.98 Å². The van der Waals surface area contributed by atoms with Gasteiger partial charge in [-0.1, -0.05) is 12.1 Å². The molecule has 2 aromatic rings. The van der Waals surface area contributed by atoms with Crippen molar-refractivity contribution in [3.63, 3.8) is 0 Å². The Hall–Kier alpha value is -2.07. The van der Waals surface area contributed by atoms with Gasteiger partial charge in [-0.3, -0.25) is 4.98 Å². The van der Waals surface area contributed by atoms with Crippen molar-refractivity contribution < 1.29 is 9.50 Å². The van der Waals surface area contributed by atoms with Crippen molar-refractivity contribution in [2.75, 3.05) is 0 Å². The smallest absolute Gasteiger partial charge is 0.123 e. The van der Waals surface area contributed by atoms with E-state index in [9.17, 15) is 9.50 Å². The Bertz CT molecular complexity index is 511. The fourth-order valence-electron chi connectivity index (χ4n) is 1.50. The van der Waals surface area contributed by atoms with Crippen LogP contribution >= 0.6 is 0 Å². The molecule has 0 bridgehead atoms. The van der Waals surface area contributed by atoms with Gasteiger partial charge in [0, 0.05) is 18.0 Å². The topological polar surface area (TPSA) is 57.0 Å². The lowest BCUT2D eigenvalue weighted by Gasteiger charge is -2.12. The Morgan fingerprint density at radius 3 is 2.29 bits per heavy atom. The van der Waals surface area contributed by atoms with Crippen LogP contribution < -0.4 is 0 Å². The summed E-state index contributed by atoms with van der Waals surface area (Å²) in [5, 5.41) is 17.8. The number of nitrogens with one attached hydrogen (secondary N) is 1. The molecule has 0 saturated heterocycles. The van der Waals surface area contributed by atoms with Crippen LogP contribution in [0.3, 0.4) is 0 Å². The minimum absolute atomic E-state index is 0.0685. The van der Waals surface area contributed by atoms with Crippen molar-refractivity contribution in [3.8, 4) is 0 Å². The molecule has 0 radical (unpaired) electrons. The molecule has 0 fully saturated rings. The lowest BCUT2D eigenvalue weighted by molar-refractivity contribution is 0.247. The van der Waals surface area contributed by atoms with E-state index < -0.39 is 6.10 Å². The lowest BCUT2D eigenvalue weighted by atomic mass is 10.0. The van der Waals surface area contributed by atoms with Crippen LogP contribution in [0.15, 0.2) is 48.8 Å². The van der Waals surface area contributed by atoms with Crippen LogP contribution in [0.5, 0.6) is 0 Å². The van der Waals surface area contributed by atoms with Crippen LogP contribution in [0.4, 0.5) is 4.39 Å². The summed E-state index contributed by atoms with van der Waals surface area (Å²) in [5.41, 5.74) is 1.16. The van der Waals surface area contributed by atoms with Gasteiger partial charge in [0.25, 0.3) is 0 Å². The molecular weight excluding hydrogens is 219 g/mol. The molecule has 0 spiro atoms. The first-order valence-electron chi connectivity index (χ1n) is 5.11. The standard InChI is InChI=1S/C13H11FN2O/c14-11-3-1-10(2-4-11)13(17)12(15)9-5-7-16-8-6-9/h1-8,13,15,17H. The highest BCUT2D eigenvalue weighted by Crippen LogP contribution is 2.18. The van der Waals surface area contributed by atoms with Crippen molar-refractivity contribution >= 4 is 5.71 Å². The zero-order valence-corrected chi connectivity index (χ0v) is 8.97. The normalized spacial score (nSPS) is 12.1. The third kappa shape index (κ3) is 2.54. The molecule has 2 N–H and O–H groups in total. The third-order valence-electron chi connectivity index (χ3n) is 2.45. The molecular formula is C13H11FN2O. The van der Waals surface area contributed by atoms with Crippen molar-refractivity contribution in [2.24, 2.45) is 0 Å². The molecule has 1 atom stereocenters. The van der Waals surface area contributed by atoms with Crippen LogP contribution in [0.1, 0.15) is 17.2 Å².